The van der Waals surface area contributed by atoms with Crippen LogP contribution in [0.25, 0.3) is 16.3 Å². The van der Waals surface area contributed by atoms with Crippen LogP contribution in [0.4, 0.5) is 0 Å². The Labute approximate surface area is 104 Å². The molecule has 7 heteroatoms. The predicted molar refractivity (Wildman–Crippen MR) is 64.1 cm³/mol. The van der Waals surface area contributed by atoms with Crippen molar-refractivity contribution < 1.29 is 0 Å². The molecular formula is C9H4Cl2N4S. The highest BCUT2D eigenvalue weighted by Gasteiger charge is 2.14. The zero-order valence-corrected chi connectivity index (χ0v) is 10.1. The first-order valence-electron chi connectivity index (χ1n) is 4.36. The molecule has 0 N–H and O–H groups in total. The number of rotatable bonds is 1. The van der Waals surface area contributed by atoms with Crippen LogP contribution in [0.15, 0.2) is 23.8 Å². The largest absolute Gasteiger partial charge is 0.278 e. The van der Waals surface area contributed by atoms with Gasteiger partial charge < -0.3 is 0 Å². The lowest BCUT2D eigenvalue weighted by molar-refractivity contribution is 1.12. The SMILES string of the molecule is Clc1ccsc1-c1nnc2c(Cl)nccn12. The summed E-state index contributed by atoms with van der Waals surface area (Å²) in [5, 5.41) is 10.9. The van der Waals surface area contributed by atoms with Crippen LogP contribution in [-0.2, 0) is 0 Å². The third-order valence-electron chi connectivity index (χ3n) is 2.10. The summed E-state index contributed by atoms with van der Waals surface area (Å²) in [7, 11) is 0. The first kappa shape index (κ1) is 10.0. The van der Waals surface area contributed by atoms with Gasteiger partial charge in [0.2, 0.25) is 0 Å². The summed E-state index contributed by atoms with van der Waals surface area (Å²) < 4.78 is 1.77. The van der Waals surface area contributed by atoms with Crippen LogP contribution in [0.5, 0.6) is 0 Å². The molecule has 0 aromatic carbocycles. The lowest BCUT2D eigenvalue weighted by Crippen LogP contribution is -1.89. The summed E-state index contributed by atoms with van der Waals surface area (Å²) in [6, 6.07) is 1.82. The summed E-state index contributed by atoms with van der Waals surface area (Å²) in [4.78, 5) is 4.81. The van der Waals surface area contributed by atoms with E-state index in [9.17, 15) is 0 Å². The van der Waals surface area contributed by atoms with Gasteiger partial charge in [0.1, 0.15) is 0 Å². The summed E-state index contributed by atoms with van der Waals surface area (Å²) in [5.74, 6) is 0.680. The van der Waals surface area contributed by atoms with Gasteiger partial charge >= 0.3 is 0 Å². The molecule has 3 rings (SSSR count). The Kier molecular flexibility index (Phi) is 2.31. The standard InChI is InChI=1S/C9H4Cl2N4S/c10-5-1-4-16-6(5)8-13-14-9-7(11)12-2-3-15(8)9/h1-4H. The van der Waals surface area contributed by atoms with Crippen LogP contribution in [0, 0.1) is 0 Å². The average Bonchev–Trinajstić information content (AvgIpc) is 2.84. The Balaban J connectivity index is 2.34. The van der Waals surface area contributed by atoms with Gasteiger partial charge in [-0.05, 0) is 11.4 Å². The molecule has 0 aliphatic rings. The normalized spacial score (nSPS) is 11.1. The summed E-state index contributed by atoms with van der Waals surface area (Å²) >= 11 is 13.5. The molecule has 4 nitrogen and oxygen atoms in total. The van der Waals surface area contributed by atoms with Crippen LogP contribution in [-0.4, -0.2) is 19.6 Å². The Bertz CT molecular complexity index is 660. The van der Waals surface area contributed by atoms with Crippen molar-refractivity contribution >= 4 is 40.2 Å². The Morgan fingerprint density at radius 2 is 2.12 bits per heavy atom. The van der Waals surface area contributed by atoms with Crippen molar-refractivity contribution in [3.63, 3.8) is 0 Å². The van der Waals surface area contributed by atoms with E-state index in [0.717, 1.165) is 4.88 Å². The quantitative estimate of drug-likeness (QED) is 0.682. The molecule has 0 aliphatic heterocycles. The molecule has 0 radical (unpaired) electrons. The lowest BCUT2D eigenvalue weighted by Gasteiger charge is -1.97. The maximum absolute atomic E-state index is 6.05. The minimum atomic E-state index is 0.328. The van der Waals surface area contributed by atoms with Crippen molar-refractivity contribution in [3.05, 3.63) is 34.0 Å². The molecule has 0 atom stereocenters. The van der Waals surface area contributed by atoms with E-state index in [1.807, 2.05) is 11.4 Å². The van der Waals surface area contributed by atoms with Gasteiger partial charge in [-0.15, -0.1) is 21.5 Å². The van der Waals surface area contributed by atoms with Gasteiger partial charge in [-0.3, -0.25) is 4.40 Å². The van der Waals surface area contributed by atoms with E-state index in [4.69, 9.17) is 23.2 Å². The minimum Gasteiger partial charge on any atom is -0.278 e. The fourth-order valence-electron chi connectivity index (χ4n) is 1.40. The van der Waals surface area contributed by atoms with Crippen LogP contribution in [0.1, 0.15) is 0 Å². The second kappa shape index (κ2) is 3.69. The molecule has 0 unspecified atom stereocenters. The molecule has 0 aliphatic carbocycles. The van der Waals surface area contributed by atoms with Gasteiger partial charge in [-0.2, -0.15) is 0 Å². The smallest absolute Gasteiger partial charge is 0.198 e. The monoisotopic (exact) mass is 270 g/mol. The predicted octanol–water partition coefficient (Wildman–Crippen LogP) is 3.16. The topological polar surface area (TPSA) is 43.1 Å². The van der Waals surface area contributed by atoms with Crippen LogP contribution >= 0.6 is 34.5 Å². The van der Waals surface area contributed by atoms with E-state index < -0.39 is 0 Å². The van der Waals surface area contributed by atoms with Crippen molar-refractivity contribution in [2.45, 2.75) is 0 Å². The maximum atomic E-state index is 6.05. The fraction of sp³-hybridized carbons (Fsp3) is 0. The van der Waals surface area contributed by atoms with Crippen LogP contribution < -0.4 is 0 Å². The van der Waals surface area contributed by atoms with Crippen molar-refractivity contribution in [3.8, 4) is 10.7 Å². The molecule has 3 aromatic heterocycles. The first-order chi connectivity index (χ1) is 7.77. The molecule has 0 saturated heterocycles. The lowest BCUT2D eigenvalue weighted by atomic mass is 10.4. The molecule has 0 spiro atoms. The Morgan fingerprint density at radius 1 is 1.25 bits per heavy atom. The van der Waals surface area contributed by atoms with Gasteiger partial charge in [-0.1, -0.05) is 23.2 Å². The number of nitrogens with zero attached hydrogens (tertiary/aromatic N) is 4. The number of halogens is 2. The highest BCUT2D eigenvalue weighted by molar-refractivity contribution is 7.14. The van der Waals surface area contributed by atoms with E-state index in [0.29, 0.717) is 21.6 Å². The highest BCUT2D eigenvalue weighted by Crippen LogP contribution is 2.32. The second-order valence-electron chi connectivity index (χ2n) is 3.03. The molecule has 3 heterocycles. The summed E-state index contributed by atoms with van der Waals surface area (Å²) in [5.41, 5.74) is 0.531. The maximum Gasteiger partial charge on any atom is 0.198 e. The fourth-order valence-corrected chi connectivity index (χ4v) is 2.71. The molecular weight excluding hydrogens is 267 g/mol. The van der Waals surface area contributed by atoms with E-state index in [2.05, 4.69) is 15.2 Å². The van der Waals surface area contributed by atoms with Crippen molar-refractivity contribution in [1.82, 2.24) is 19.6 Å². The Hall–Kier alpha value is -1.17. The molecule has 0 saturated carbocycles. The molecule has 3 aromatic rings. The number of fused-ring (bicyclic) bond motifs is 1. The Morgan fingerprint density at radius 3 is 2.88 bits per heavy atom. The van der Waals surface area contributed by atoms with E-state index in [-0.39, 0.29) is 0 Å². The van der Waals surface area contributed by atoms with E-state index in [1.165, 1.54) is 11.3 Å². The van der Waals surface area contributed by atoms with Gasteiger partial charge in [0, 0.05) is 12.4 Å². The van der Waals surface area contributed by atoms with Crippen molar-refractivity contribution in [2.24, 2.45) is 0 Å². The third kappa shape index (κ3) is 1.40. The zero-order chi connectivity index (χ0) is 11.1. The number of thiophene rings is 1. The van der Waals surface area contributed by atoms with Gasteiger partial charge in [0.25, 0.3) is 0 Å². The van der Waals surface area contributed by atoms with Gasteiger partial charge in [0.15, 0.2) is 16.6 Å². The molecule has 0 amide bonds. The number of hydrogen-bond acceptors (Lipinski definition) is 4. The highest BCUT2D eigenvalue weighted by atomic mass is 35.5. The van der Waals surface area contributed by atoms with Crippen LogP contribution in [0.3, 0.4) is 0 Å². The van der Waals surface area contributed by atoms with Gasteiger partial charge in [0.05, 0.1) is 9.90 Å². The zero-order valence-electron chi connectivity index (χ0n) is 7.76. The van der Waals surface area contributed by atoms with Crippen LogP contribution in [0.2, 0.25) is 10.2 Å². The summed E-state index contributed by atoms with van der Waals surface area (Å²) in [6.07, 6.45) is 3.36. The molecule has 0 bridgehead atoms. The molecule has 80 valence electrons. The van der Waals surface area contributed by atoms with Crippen molar-refractivity contribution in [1.29, 1.82) is 0 Å². The van der Waals surface area contributed by atoms with Gasteiger partial charge in [-0.25, -0.2) is 4.98 Å². The first-order valence-corrected chi connectivity index (χ1v) is 5.99. The third-order valence-corrected chi connectivity index (χ3v) is 3.71. The minimum absolute atomic E-state index is 0.328. The molecule has 0 fully saturated rings. The number of hydrogen-bond donors (Lipinski definition) is 0. The van der Waals surface area contributed by atoms with E-state index in [1.54, 1.807) is 16.8 Å². The number of aromatic nitrogens is 4. The molecule has 16 heavy (non-hydrogen) atoms. The summed E-state index contributed by atoms with van der Waals surface area (Å²) in [6.45, 7) is 0. The average molecular weight is 271 g/mol. The second-order valence-corrected chi connectivity index (χ2v) is 4.71. The van der Waals surface area contributed by atoms with E-state index >= 15 is 0 Å². The van der Waals surface area contributed by atoms with Crippen molar-refractivity contribution in [2.75, 3.05) is 0 Å².